The minimum absolute atomic E-state index is 0.690. The van der Waals surface area contributed by atoms with Crippen LogP contribution in [0, 0.1) is 0 Å². The molecular formula is C43H25Cl2NO. The molecule has 0 atom stereocenters. The summed E-state index contributed by atoms with van der Waals surface area (Å²) in [6.07, 6.45) is 0. The third-order valence-electron chi connectivity index (χ3n) is 9.95. The van der Waals surface area contributed by atoms with Gasteiger partial charge in [-0.05, 0) is 64.7 Å². The number of hydrogen-bond donors (Lipinski definition) is 0. The first-order valence-electron chi connectivity index (χ1n) is 15.7. The van der Waals surface area contributed by atoms with E-state index in [-0.39, 0.29) is 0 Å². The van der Waals surface area contributed by atoms with E-state index >= 15 is 0 Å². The van der Waals surface area contributed by atoms with Crippen LogP contribution in [0.15, 0.2) is 156 Å². The second-order valence-corrected chi connectivity index (χ2v) is 13.2. The van der Waals surface area contributed by atoms with E-state index in [0.29, 0.717) is 10.0 Å². The van der Waals surface area contributed by atoms with Crippen molar-refractivity contribution in [2.45, 2.75) is 5.41 Å². The zero-order valence-electron chi connectivity index (χ0n) is 25.0. The largest absolute Gasteiger partial charge is 0.455 e. The third kappa shape index (κ3) is 3.52. The number of hydrogen-bond acceptors (Lipinski definition) is 1. The van der Waals surface area contributed by atoms with Crippen LogP contribution in [0.4, 0.5) is 0 Å². The zero-order valence-corrected chi connectivity index (χ0v) is 26.6. The highest BCUT2D eigenvalue weighted by molar-refractivity contribution is 6.35. The van der Waals surface area contributed by atoms with Crippen LogP contribution in [0.5, 0.6) is 0 Å². The lowest BCUT2D eigenvalue weighted by atomic mass is 9.67. The molecule has 0 N–H and O–H groups in total. The Morgan fingerprint density at radius 3 is 1.89 bits per heavy atom. The fourth-order valence-electron chi connectivity index (χ4n) is 8.24. The first-order valence-corrected chi connectivity index (χ1v) is 16.5. The van der Waals surface area contributed by atoms with Gasteiger partial charge in [-0.1, -0.05) is 132 Å². The Bertz CT molecular complexity index is 2650. The molecule has 0 fully saturated rings. The Kier molecular flexibility index (Phi) is 5.64. The van der Waals surface area contributed by atoms with Crippen LogP contribution in [0.25, 0.3) is 60.6 Å². The van der Waals surface area contributed by atoms with E-state index in [9.17, 15) is 0 Å². The van der Waals surface area contributed by atoms with Crippen molar-refractivity contribution in [2.24, 2.45) is 0 Å². The Labute approximate surface area is 281 Å². The van der Waals surface area contributed by atoms with E-state index in [1.165, 1.54) is 5.56 Å². The highest BCUT2D eigenvalue weighted by atomic mass is 35.5. The van der Waals surface area contributed by atoms with Crippen molar-refractivity contribution in [3.05, 3.63) is 184 Å². The van der Waals surface area contributed by atoms with E-state index in [1.807, 2.05) is 18.2 Å². The molecule has 222 valence electrons. The number of furan rings is 1. The molecule has 0 unspecified atom stereocenters. The summed E-state index contributed by atoms with van der Waals surface area (Å²) in [5.41, 5.74) is 11.1. The molecule has 9 aromatic rings. The van der Waals surface area contributed by atoms with Crippen molar-refractivity contribution in [2.75, 3.05) is 0 Å². The number of para-hydroxylation sites is 2. The predicted octanol–water partition coefficient (Wildman–Crippen LogP) is 12.4. The van der Waals surface area contributed by atoms with Gasteiger partial charge >= 0.3 is 0 Å². The highest BCUT2D eigenvalue weighted by Crippen LogP contribution is 2.62. The van der Waals surface area contributed by atoms with Crippen LogP contribution in [0.1, 0.15) is 22.3 Å². The zero-order chi connectivity index (χ0) is 31.3. The third-order valence-corrected chi connectivity index (χ3v) is 10.4. The number of fused-ring (bicyclic) bond motifs is 12. The second kappa shape index (κ2) is 9.86. The minimum atomic E-state index is -0.714. The molecule has 0 spiro atoms. The molecule has 2 aromatic heterocycles. The molecule has 7 aromatic carbocycles. The van der Waals surface area contributed by atoms with E-state index in [4.69, 9.17) is 27.6 Å². The molecule has 1 aliphatic carbocycles. The van der Waals surface area contributed by atoms with Crippen LogP contribution in [0.2, 0.25) is 10.0 Å². The van der Waals surface area contributed by atoms with Crippen molar-refractivity contribution < 1.29 is 4.42 Å². The summed E-state index contributed by atoms with van der Waals surface area (Å²) in [6.45, 7) is 0. The summed E-state index contributed by atoms with van der Waals surface area (Å²) in [5, 5.41) is 5.85. The Balaban J connectivity index is 1.59. The van der Waals surface area contributed by atoms with Gasteiger partial charge in [0, 0.05) is 48.4 Å². The van der Waals surface area contributed by atoms with Crippen LogP contribution in [0.3, 0.4) is 0 Å². The lowest BCUT2D eigenvalue weighted by Gasteiger charge is -2.34. The van der Waals surface area contributed by atoms with Crippen molar-refractivity contribution in [1.29, 1.82) is 0 Å². The van der Waals surface area contributed by atoms with Gasteiger partial charge in [0.05, 0.1) is 16.4 Å². The summed E-state index contributed by atoms with van der Waals surface area (Å²) < 4.78 is 9.38. The molecule has 0 radical (unpaired) electrons. The van der Waals surface area contributed by atoms with Crippen LogP contribution < -0.4 is 0 Å². The molecule has 1 aliphatic rings. The quantitative estimate of drug-likeness (QED) is 0.188. The maximum absolute atomic E-state index is 6.97. The molecule has 47 heavy (non-hydrogen) atoms. The number of nitrogens with zero attached hydrogens (tertiary/aromatic N) is 1. The van der Waals surface area contributed by atoms with E-state index in [2.05, 4.69) is 138 Å². The van der Waals surface area contributed by atoms with Gasteiger partial charge in [-0.3, -0.25) is 0 Å². The maximum atomic E-state index is 6.97. The van der Waals surface area contributed by atoms with Crippen LogP contribution in [-0.4, -0.2) is 4.57 Å². The number of aromatic nitrogens is 1. The van der Waals surface area contributed by atoms with Gasteiger partial charge in [0.25, 0.3) is 0 Å². The SMILES string of the molecule is Clc1ccc2c(c1)C(c1ccccc1)(c1ccccc1)c1c-2c2oc3ccccc3c2c2c3ccc(Cl)cc3n(-c3ccccc3)c12. The smallest absolute Gasteiger partial charge is 0.144 e. The Morgan fingerprint density at radius 2 is 1.17 bits per heavy atom. The van der Waals surface area contributed by atoms with Gasteiger partial charge in [-0.25, -0.2) is 0 Å². The molecule has 2 nitrogen and oxygen atoms in total. The molecule has 2 heterocycles. The number of benzene rings is 7. The molecular weight excluding hydrogens is 617 g/mol. The lowest BCUT2D eigenvalue weighted by Crippen LogP contribution is -2.29. The van der Waals surface area contributed by atoms with Gasteiger partial charge < -0.3 is 8.98 Å². The summed E-state index contributed by atoms with van der Waals surface area (Å²) in [7, 11) is 0. The first-order chi connectivity index (χ1) is 23.2. The Morgan fingerprint density at radius 1 is 0.553 bits per heavy atom. The Hall–Kier alpha value is -5.28. The average Bonchev–Trinajstić information content (AvgIpc) is 3.75. The number of halogens is 2. The van der Waals surface area contributed by atoms with Gasteiger partial charge in [-0.15, -0.1) is 0 Å². The van der Waals surface area contributed by atoms with E-state index in [0.717, 1.165) is 77.2 Å². The first kappa shape index (κ1) is 26.9. The standard InChI is InChI=1S/C43H25Cl2NO/c44-28-20-22-31-34(24-28)43(26-12-4-1-5-13-26,27-14-6-2-7-15-27)40-39(31)42-38(33-18-10-11-19-36(33)47-42)37-32-23-21-29(45)25-35(32)46(41(37)40)30-16-8-3-9-17-30/h1-25H. The summed E-state index contributed by atoms with van der Waals surface area (Å²) >= 11 is 13.7. The van der Waals surface area contributed by atoms with Gasteiger partial charge in [-0.2, -0.15) is 0 Å². The summed E-state index contributed by atoms with van der Waals surface area (Å²) in [5.74, 6) is 0. The molecule has 0 amide bonds. The number of rotatable bonds is 3. The normalized spacial score (nSPS) is 13.5. The molecule has 0 saturated heterocycles. The molecule has 4 heteroatoms. The average molecular weight is 643 g/mol. The fourth-order valence-corrected chi connectivity index (χ4v) is 8.58. The predicted molar refractivity (Wildman–Crippen MR) is 195 cm³/mol. The molecule has 0 bridgehead atoms. The molecule has 10 rings (SSSR count). The molecule has 0 aliphatic heterocycles. The van der Waals surface area contributed by atoms with Crippen LogP contribution in [-0.2, 0) is 5.41 Å². The van der Waals surface area contributed by atoms with Crippen molar-refractivity contribution in [3.8, 4) is 16.8 Å². The lowest BCUT2D eigenvalue weighted by molar-refractivity contribution is 0.669. The monoisotopic (exact) mass is 641 g/mol. The van der Waals surface area contributed by atoms with Crippen LogP contribution >= 0.6 is 23.2 Å². The highest BCUT2D eigenvalue weighted by Gasteiger charge is 2.50. The second-order valence-electron chi connectivity index (χ2n) is 12.3. The maximum Gasteiger partial charge on any atom is 0.144 e. The van der Waals surface area contributed by atoms with Gasteiger partial charge in [0.2, 0.25) is 0 Å². The van der Waals surface area contributed by atoms with Gasteiger partial charge in [0.15, 0.2) is 0 Å². The van der Waals surface area contributed by atoms with Crippen molar-refractivity contribution >= 4 is 66.9 Å². The van der Waals surface area contributed by atoms with Crippen molar-refractivity contribution in [1.82, 2.24) is 4.57 Å². The fraction of sp³-hybridized carbons (Fsp3) is 0.0233. The van der Waals surface area contributed by atoms with Gasteiger partial charge in [0.1, 0.15) is 11.2 Å². The summed E-state index contributed by atoms with van der Waals surface area (Å²) in [6, 6.07) is 53.2. The van der Waals surface area contributed by atoms with Crippen molar-refractivity contribution in [3.63, 3.8) is 0 Å². The minimum Gasteiger partial charge on any atom is -0.455 e. The van der Waals surface area contributed by atoms with E-state index in [1.54, 1.807) is 0 Å². The molecule has 0 saturated carbocycles. The van der Waals surface area contributed by atoms with E-state index < -0.39 is 5.41 Å². The summed E-state index contributed by atoms with van der Waals surface area (Å²) in [4.78, 5) is 0. The topological polar surface area (TPSA) is 18.1 Å².